The Morgan fingerprint density at radius 1 is 1.04 bits per heavy atom. The molecule has 0 aromatic heterocycles. The molecule has 1 aliphatic heterocycles. The van der Waals surface area contributed by atoms with Gasteiger partial charge in [0, 0.05) is 11.1 Å². The zero-order valence-electron chi connectivity index (χ0n) is 14.7. The number of nitrogens with zero attached hydrogens (tertiary/aromatic N) is 1. The number of rotatable bonds is 3. The van der Waals surface area contributed by atoms with E-state index in [1.54, 1.807) is 42.5 Å². The maximum absolute atomic E-state index is 12.2. The topological polar surface area (TPSA) is 117 Å². The van der Waals surface area contributed by atoms with E-state index in [0.717, 1.165) is 5.56 Å². The molecule has 3 N–H and O–H groups in total. The van der Waals surface area contributed by atoms with Gasteiger partial charge in [-0.05, 0) is 38.1 Å². The smallest absolute Gasteiger partial charge is 0.269 e. The Bertz CT molecular complexity index is 1030. The number of hydrogen-bond donors (Lipinski definition) is 3. The summed E-state index contributed by atoms with van der Waals surface area (Å²) < 4.78 is 26.5. The first-order valence-corrected chi connectivity index (χ1v) is 9.63. The van der Waals surface area contributed by atoms with Crippen LogP contribution in [0.15, 0.2) is 58.4 Å². The Balaban J connectivity index is 1.67. The van der Waals surface area contributed by atoms with Crippen molar-refractivity contribution in [2.45, 2.75) is 24.8 Å². The van der Waals surface area contributed by atoms with E-state index in [9.17, 15) is 18.0 Å². The van der Waals surface area contributed by atoms with Gasteiger partial charge in [0.15, 0.2) is 0 Å². The Labute approximate surface area is 156 Å². The van der Waals surface area contributed by atoms with Gasteiger partial charge in [0.1, 0.15) is 11.9 Å². The fourth-order valence-corrected chi connectivity index (χ4v) is 3.72. The van der Waals surface area contributed by atoms with Gasteiger partial charge in [-0.25, -0.2) is 8.42 Å². The molecule has 9 heteroatoms. The molecule has 27 heavy (non-hydrogen) atoms. The number of carbonyl (C=O) groups excluding carboxylic acids is 2. The Kier molecular flexibility index (Phi) is 4.95. The standard InChI is InChI=1S/C18H18N4O4S/c1-11-7-9-13(10-8-11)18(24)21-20-17(23)12(2)19-16-14-5-3-4-6-15(14)27(25,26)22-16/h3-10,12H,1-2H3,(H,19,22)(H,20,23)(H,21,24)/t12-/m1/s1. The van der Waals surface area contributed by atoms with Crippen molar-refractivity contribution in [1.82, 2.24) is 15.6 Å². The molecule has 0 fully saturated rings. The highest BCUT2D eigenvalue weighted by atomic mass is 32.2. The van der Waals surface area contributed by atoms with Gasteiger partial charge in [0.05, 0.1) is 4.90 Å². The number of carbonyl (C=O) groups is 2. The normalized spacial score (nSPS) is 16.9. The Morgan fingerprint density at radius 3 is 2.41 bits per heavy atom. The molecule has 0 saturated carbocycles. The third kappa shape index (κ3) is 3.98. The fraction of sp³-hybridized carbons (Fsp3) is 0.167. The first kappa shape index (κ1) is 18.6. The fourth-order valence-electron chi connectivity index (χ4n) is 2.48. The van der Waals surface area contributed by atoms with Crippen LogP contribution in [0.2, 0.25) is 0 Å². The van der Waals surface area contributed by atoms with Crippen molar-refractivity contribution in [1.29, 1.82) is 0 Å². The molecule has 8 nitrogen and oxygen atoms in total. The third-order valence-corrected chi connectivity index (χ3v) is 5.38. The lowest BCUT2D eigenvalue weighted by Gasteiger charge is -2.11. The number of fused-ring (bicyclic) bond motifs is 1. The van der Waals surface area contributed by atoms with Crippen LogP contribution in [0, 0.1) is 6.92 Å². The molecule has 1 atom stereocenters. The number of hydrogen-bond acceptors (Lipinski definition) is 5. The molecule has 0 aliphatic carbocycles. The van der Waals surface area contributed by atoms with E-state index < -0.39 is 27.9 Å². The molecule has 2 amide bonds. The van der Waals surface area contributed by atoms with E-state index >= 15 is 0 Å². The molecular formula is C18H18N4O4S. The predicted octanol–water partition coefficient (Wildman–Crippen LogP) is 0.883. The van der Waals surface area contributed by atoms with Gasteiger partial charge in [-0.15, -0.1) is 0 Å². The number of aryl methyl sites for hydroxylation is 1. The molecule has 0 saturated heterocycles. The molecule has 0 spiro atoms. The van der Waals surface area contributed by atoms with Gasteiger partial charge in [-0.2, -0.15) is 0 Å². The number of nitrogens with one attached hydrogen (secondary N) is 3. The number of hydrazine groups is 1. The van der Waals surface area contributed by atoms with Crippen molar-refractivity contribution in [2.24, 2.45) is 4.99 Å². The van der Waals surface area contributed by atoms with Crippen molar-refractivity contribution in [2.75, 3.05) is 0 Å². The maximum Gasteiger partial charge on any atom is 0.269 e. The molecule has 0 bridgehead atoms. The summed E-state index contributed by atoms with van der Waals surface area (Å²) in [5.74, 6) is -0.945. The molecule has 2 aromatic carbocycles. The molecule has 0 unspecified atom stereocenters. The average Bonchev–Trinajstić information content (AvgIpc) is 2.90. The van der Waals surface area contributed by atoms with Gasteiger partial charge in [0.2, 0.25) is 0 Å². The maximum atomic E-state index is 12.2. The van der Waals surface area contributed by atoms with Crippen LogP contribution in [0.3, 0.4) is 0 Å². The average molecular weight is 386 g/mol. The minimum Gasteiger partial charge on any atom is -0.271 e. The molecule has 3 rings (SSSR count). The van der Waals surface area contributed by atoms with Crippen molar-refractivity contribution in [3.05, 3.63) is 65.2 Å². The first-order valence-electron chi connectivity index (χ1n) is 8.15. The number of amidine groups is 1. The van der Waals surface area contributed by atoms with Crippen LogP contribution < -0.4 is 15.6 Å². The van der Waals surface area contributed by atoms with Crippen molar-refractivity contribution in [3.8, 4) is 0 Å². The molecule has 140 valence electrons. The second-order valence-electron chi connectivity index (χ2n) is 6.06. The van der Waals surface area contributed by atoms with E-state index in [4.69, 9.17) is 0 Å². The summed E-state index contributed by atoms with van der Waals surface area (Å²) >= 11 is 0. The first-order chi connectivity index (χ1) is 12.8. The van der Waals surface area contributed by atoms with Gasteiger partial charge >= 0.3 is 0 Å². The van der Waals surface area contributed by atoms with E-state index in [2.05, 4.69) is 20.6 Å². The SMILES string of the molecule is Cc1ccc(C(=O)NNC(=O)[C@@H](C)N=C2NS(=O)(=O)c3ccccc32)cc1. The van der Waals surface area contributed by atoms with E-state index in [1.165, 1.54) is 13.0 Å². The highest BCUT2D eigenvalue weighted by Gasteiger charge is 2.31. The molecular weight excluding hydrogens is 368 g/mol. The lowest BCUT2D eigenvalue weighted by molar-refractivity contribution is -0.122. The van der Waals surface area contributed by atoms with Crippen LogP contribution >= 0.6 is 0 Å². The highest BCUT2D eigenvalue weighted by molar-refractivity contribution is 7.90. The summed E-state index contributed by atoms with van der Waals surface area (Å²) in [6.45, 7) is 3.40. The molecule has 0 radical (unpaired) electrons. The van der Waals surface area contributed by atoms with Crippen LogP contribution in [0.25, 0.3) is 0 Å². The van der Waals surface area contributed by atoms with Crippen LogP contribution in [0.5, 0.6) is 0 Å². The summed E-state index contributed by atoms with van der Waals surface area (Å²) in [6.07, 6.45) is 0. The zero-order valence-corrected chi connectivity index (χ0v) is 15.5. The summed E-state index contributed by atoms with van der Waals surface area (Å²) in [5.41, 5.74) is 6.42. The zero-order chi connectivity index (χ0) is 19.6. The third-order valence-electron chi connectivity index (χ3n) is 3.98. The summed E-state index contributed by atoms with van der Waals surface area (Å²) in [7, 11) is -3.67. The van der Waals surface area contributed by atoms with Crippen LogP contribution in [-0.4, -0.2) is 32.1 Å². The highest BCUT2D eigenvalue weighted by Crippen LogP contribution is 2.22. The monoisotopic (exact) mass is 386 g/mol. The summed E-state index contributed by atoms with van der Waals surface area (Å²) in [4.78, 5) is 28.5. The van der Waals surface area contributed by atoms with E-state index in [1.807, 2.05) is 6.92 Å². The minimum absolute atomic E-state index is 0.0955. The van der Waals surface area contributed by atoms with Gasteiger partial charge in [-0.3, -0.25) is 30.2 Å². The van der Waals surface area contributed by atoms with Crippen LogP contribution in [0.1, 0.15) is 28.4 Å². The second kappa shape index (κ2) is 7.20. The Morgan fingerprint density at radius 2 is 1.70 bits per heavy atom. The van der Waals surface area contributed by atoms with Gasteiger partial charge < -0.3 is 0 Å². The molecule has 2 aromatic rings. The minimum atomic E-state index is -3.67. The van der Waals surface area contributed by atoms with Gasteiger partial charge in [0.25, 0.3) is 21.8 Å². The lowest BCUT2D eigenvalue weighted by Crippen LogP contribution is -2.45. The van der Waals surface area contributed by atoms with Crippen molar-refractivity contribution >= 4 is 27.7 Å². The lowest BCUT2D eigenvalue weighted by atomic mass is 10.1. The number of amides is 2. The second-order valence-corrected chi connectivity index (χ2v) is 7.72. The molecule has 1 heterocycles. The number of aliphatic imine (C=N–C) groups is 1. The summed E-state index contributed by atoms with van der Waals surface area (Å²) in [5, 5.41) is 0. The number of sulfonamides is 1. The Hall–Kier alpha value is -3.20. The largest absolute Gasteiger partial charge is 0.271 e. The number of benzene rings is 2. The van der Waals surface area contributed by atoms with E-state index in [0.29, 0.717) is 11.1 Å². The van der Waals surface area contributed by atoms with Crippen LogP contribution in [0.4, 0.5) is 0 Å². The van der Waals surface area contributed by atoms with Crippen molar-refractivity contribution in [3.63, 3.8) is 0 Å². The predicted molar refractivity (Wildman–Crippen MR) is 99.6 cm³/mol. The van der Waals surface area contributed by atoms with Crippen molar-refractivity contribution < 1.29 is 18.0 Å². The van der Waals surface area contributed by atoms with E-state index in [-0.39, 0.29) is 10.7 Å². The summed E-state index contributed by atoms with van der Waals surface area (Å²) in [6, 6.07) is 12.3. The quantitative estimate of drug-likeness (QED) is 0.679. The van der Waals surface area contributed by atoms with Gasteiger partial charge in [-0.1, -0.05) is 29.8 Å². The van der Waals surface area contributed by atoms with Crippen LogP contribution in [-0.2, 0) is 14.8 Å². The molecule has 1 aliphatic rings.